The molecule has 0 heterocycles. The SMILES string of the molecule is C=CCNC(C)c1ccc(Cl)c(Cl)c1. The van der Waals surface area contributed by atoms with E-state index in [1.165, 1.54) is 0 Å². The highest BCUT2D eigenvalue weighted by Crippen LogP contribution is 2.25. The van der Waals surface area contributed by atoms with Crippen LogP contribution in [-0.4, -0.2) is 6.54 Å². The molecule has 0 aliphatic heterocycles. The van der Waals surface area contributed by atoms with Gasteiger partial charge in [0.15, 0.2) is 0 Å². The third-order valence-corrected chi connectivity index (χ3v) is 2.75. The van der Waals surface area contributed by atoms with E-state index in [9.17, 15) is 0 Å². The van der Waals surface area contributed by atoms with Gasteiger partial charge in [-0.3, -0.25) is 0 Å². The van der Waals surface area contributed by atoms with Crippen molar-refractivity contribution in [2.75, 3.05) is 6.54 Å². The number of halogens is 2. The summed E-state index contributed by atoms with van der Waals surface area (Å²) >= 11 is 11.7. The first kappa shape index (κ1) is 11.6. The highest BCUT2D eigenvalue weighted by Gasteiger charge is 2.05. The molecule has 1 nitrogen and oxygen atoms in total. The molecule has 0 spiro atoms. The Morgan fingerprint density at radius 1 is 1.43 bits per heavy atom. The Kier molecular flexibility index (Phi) is 4.46. The van der Waals surface area contributed by atoms with Gasteiger partial charge in [0.2, 0.25) is 0 Å². The average molecular weight is 230 g/mol. The van der Waals surface area contributed by atoms with Crippen LogP contribution in [0.25, 0.3) is 0 Å². The largest absolute Gasteiger partial charge is 0.307 e. The minimum Gasteiger partial charge on any atom is -0.307 e. The van der Waals surface area contributed by atoms with E-state index in [2.05, 4.69) is 18.8 Å². The smallest absolute Gasteiger partial charge is 0.0595 e. The van der Waals surface area contributed by atoms with Gasteiger partial charge in [0.1, 0.15) is 0 Å². The molecule has 0 aliphatic rings. The van der Waals surface area contributed by atoms with Gasteiger partial charge in [-0.2, -0.15) is 0 Å². The van der Waals surface area contributed by atoms with Crippen LogP contribution >= 0.6 is 23.2 Å². The van der Waals surface area contributed by atoms with Crippen molar-refractivity contribution in [3.63, 3.8) is 0 Å². The number of hydrogen-bond donors (Lipinski definition) is 1. The van der Waals surface area contributed by atoms with Gasteiger partial charge < -0.3 is 5.32 Å². The number of benzene rings is 1. The predicted molar refractivity (Wildman–Crippen MR) is 63.1 cm³/mol. The Morgan fingerprint density at radius 3 is 2.71 bits per heavy atom. The minimum absolute atomic E-state index is 0.253. The molecule has 1 unspecified atom stereocenters. The monoisotopic (exact) mass is 229 g/mol. The van der Waals surface area contributed by atoms with Gasteiger partial charge in [-0.05, 0) is 24.6 Å². The van der Waals surface area contributed by atoms with E-state index in [1.807, 2.05) is 24.3 Å². The van der Waals surface area contributed by atoms with Gasteiger partial charge >= 0.3 is 0 Å². The van der Waals surface area contributed by atoms with Crippen LogP contribution in [0, 0.1) is 0 Å². The summed E-state index contributed by atoms with van der Waals surface area (Å²) in [7, 11) is 0. The van der Waals surface area contributed by atoms with Gasteiger partial charge in [-0.1, -0.05) is 35.3 Å². The first-order valence-corrected chi connectivity index (χ1v) is 5.20. The van der Waals surface area contributed by atoms with Crippen LogP contribution in [0.5, 0.6) is 0 Å². The Bertz CT molecular complexity index is 323. The summed E-state index contributed by atoms with van der Waals surface area (Å²) < 4.78 is 0. The summed E-state index contributed by atoms with van der Waals surface area (Å²) in [6.07, 6.45) is 1.83. The van der Waals surface area contributed by atoms with Crippen molar-refractivity contribution in [3.05, 3.63) is 46.5 Å². The van der Waals surface area contributed by atoms with E-state index in [0.29, 0.717) is 10.0 Å². The summed E-state index contributed by atoms with van der Waals surface area (Å²) in [5.41, 5.74) is 1.13. The second-order valence-corrected chi connectivity index (χ2v) is 3.91. The highest BCUT2D eigenvalue weighted by atomic mass is 35.5. The van der Waals surface area contributed by atoms with Crippen LogP contribution in [0.15, 0.2) is 30.9 Å². The molecule has 0 amide bonds. The molecule has 3 heteroatoms. The zero-order chi connectivity index (χ0) is 10.6. The fraction of sp³-hybridized carbons (Fsp3) is 0.273. The second kappa shape index (κ2) is 5.40. The van der Waals surface area contributed by atoms with Gasteiger partial charge in [0.25, 0.3) is 0 Å². The lowest BCUT2D eigenvalue weighted by molar-refractivity contribution is 0.618. The second-order valence-electron chi connectivity index (χ2n) is 3.09. The molecule has 14 heavy (non-hydrogen) atoms. The minimum atomic E-state index is 0.253. The van der Waals surface area contributed by atoms with E-state index in [0.717, 1.165) is 12.1 Å². The third kappa shape index (κ3) is 3.02. The van der Waals surface area contributed by atoms with Crippen molar-refractivity contribution >= 4 is 23.2 Å². The number of hydrogen-bond acceptors (Lipinski definition) is 1. The standard InChI is InChI=1S/C11H13Cl2N/c1-3-6-14-8(2)9-4-5-10(12)11(13)7-9/h3-5,7-8,14H,1,6H2,2H3. The summed E-state index contributed by atoms with van der Waals surface area (Å²) in [5, 5.41) is 4.46. The predicted octanol–water partition coefficient (Wildman–Crippen LogP) is 3.83. The molecular formula is C11H13Cl2N. The molecule has 1 N–H and O–H groups in total. The molecule has 0 aliphatic carbocycles. The van der Waals surface area contributed by atoms with Crippen LogP contribution in [0.1, 0.15) is 18.5 Å². The van der Waals surface area contributed by atoms with E-state index in [4.69, 9.17) is 23.2 Å². The topological polar surface area (TPSA) is 12.0 Å². The van der Waals surface area contributed by atoms with Crippen molar-refractivity contribution in [2.24, 2.45) is 0 Å². The van der Waals surface area contributed by atoms with E-state index in [1.54, 1.807) is 0 Å². The fourth-order valence-electron chi connectivity index (χ4n) is 1.16. The highest BCUT2D eigenvalue weighted by molar-refractivity contribution is 6.42. The molecule has 0 saturated carbocycles. The van der Waals surface area contributed by atoms with Crippen molar-refractivity contribution in [3.8, 4) is 0 Å². The van der Waals surface area contributed by atoms with E-state index < -0.39 is 0 Å². The zero-order valence-electron chi connectivity index (χ0n) is 8.06. The van der Waals surface area contributed by atoms with Crippen molar-refractivity contribution in [2.45, 2.75) is 13.0 Å². The molecule has 1 atom stereocenters. The lowest BCUT2D eigenvalue weighted by Gasteiger charge is -2.13. The van der Waals surface area contributed by atoms with Gasteiger partial charge in [0.05, 0.1) is 10.0 Å². The first-order chi connectivity index (χ1) is 6.65. The average Bonchev–Trinajstić information content (AvgIpc) is 2.18. The summed E-state index contributed by atoms with van der Waals surface area (Å²) in [4.78, 5) is 0. The zero-order valence-corrected chi connectivity index (χ0v) is 9.57. The Morgan fingerprint density at radius 2 is 2.14 bits per heavy atom. The molecule has 76 valence electrons. The normalized spacial score (nSPS) is 12.5. The lowest BCUT2D eigenvalue weighted by Crippen LogP contribution is -2.18. The number of nitrogens with one attached hydrogen (secondary N) is 1. The number of rotatable bonds is 4. The molecule has 0 fully saturated rings. The summed E-state index contributed by atoms with van der Waals surface area (Å²) in [6.45, 7) is 6.50. The molecule has 1 aromatic rings. The van der Waals surface area contributed by atoms with Crippen LogP contribution < -0.4 is 5.32 Å². The van der Waals surface area contributed by atoms with Crippen LogP contribution in [-0.2, 0) is 0 Å². The molecule has 0 saturated heterocycles. The molecule has 0 aromatic heterocycles. The molecule has 1 aromatic carbocycles. The lowest BCUT2D eigenvalue weighted by atomic mass is 10.1. The van der Waals surface area contributed by atoms with Crippen molar-refractivity contribution < 1.29 is 0 Å². The van der Waals surface area contributed by atoms with Gasteiger partial charge in [-0.25, -0.2) is 0 Å². The van der Waals surface area contributed by atoms with E-state index in [-0.39, 0.29) is 6.04 Å². The Labute approximate surface area is 94.7 Å². The molecule has 0 bridgehead atoms. The van der Waals surface area contributed by atoms with Crippen LogP contribution in [0.2, 0.25) is 10.0 Å². The maximum Gasteiger partial charge on any atom is 0.0595 e. The van der Waals surface area contributed by atoms with Crippen molar-refractivity contribution in [1.29, 1.82) is 0 Å². The van der Waals surface area contributed by atoms with E-state index >= 15 is 0 Å². The Hall–Kier alpha value is -0.500. The summed E-state index contributed by atoms with van der Waals surface area (Å²) in [6, 6.07) is 5.91. The quantitative estimate of drug-likeness (QED) is 0.775. The van der Waals surface area contributed by atoms with Crippen molar-refractivity contribution in [1.82, 2.24) is 5.32 Å². The van der Waals surface area contributed by atoms with Gasteiger partial charge in [0, 0.05) is 12.6 Å². The van der Waals surface area contributed by atoms with Gasteiger partial charge in [-0.15, -0.1) is 6.58 Å². The first-order valence-electron chi connectivity index (χ1n) is 4.44. The Balaban J connectivity index is 2.75. The third-order valence-electron chi connectivity index (χ3n) is 2.01. The molecule has 0 radical (unpaired) electrons. The fourth-order valence-corrected chi connectivity index (χ4v) is 1.47. The molecular weight excluding hydrogens is 217 g/mol. The molecule has 1 rings (SSSR count). The van der Waals surface area contributed by atoms with Crippen LogP contribution in [0.3, 0.4) is 0 Å². The summed E-state index contributed by atoms with van der Waals surface area (Å²) in [5.74, 6) is 0. The maximum absolute atomic E-state index is 5.91. The van der Waals surface area contributed by atoms with Crippen LogP contribution in [0.4, 0.5) is 0 Å². The maximum atomic E-state index is 5.91.